The van der Waals surface area contributed by atoms with Gasteiger partial charge in [0.1, 0.15) is 0 Å². The summed E-state index contributed by atoms with van der Waals surface area (Å²) in [7, 11) is 2.99. The van der Waals surface area contributed by atoms with E-state index >= 15 is 0 Å². The summed E-state index contributed by atoms with van der Waals surface area (Å²) < 4.78 is 9.84. The molecule has 2 unspecified atom stereocenters. The molecule has 4 nitrogen and oxygen atoms in total. The molecule has 0 heterocycles. The Morgan fingerprint density at radius 1 is 1.47 bits per heavy atom. The molecule has 0 aliphatic heterocycles. The molecule has 0 aromatic carbocycles. The van der Waals surface area contributed by atoms with Crippen molar-refractivity contribution in [1.29, 1.82) is 0 Å². The SMILES string of the molecule is COCC1C=C(C(=O)OC)CCC(C(C)O)=C1. The van der Waals surface area contributed by atoms with Gasteiger partial charge < -0.3 is 14.6 Å². The normalized spacial score (nSPS) is 22.2. The van der Waals surface area contributed by atoms with Gasteiger partial charge in [-0.2, -0.15) is 0 Å². The number of aliphatic hydroxyl groups excluding tert-OH is 1. The van der Waals surface area contributed by atoms with Gasteiger partial charge in [-0.25, -0.2) is 4.79 Å². The number of ether oxygens (including phenoxy) is 2. The molecule has 1 rings (SSSR count). The monoisotopic (exact) mass is 240 g/mol. The van der Waals surface area contributed by atoms with Crippen LogP contribution in [0.1, 0.15) is 19.8 Å². The molecule has 1 aliphatic rings. The maximum Gasteiger partial charge on any atom is 0.333 e. The van der Waals surface area contributed by atoms with E-state index in [1.807, 2.05) is 12.2 Å². The van der Waals surface area contributed by atoms with E-state index in [1.165, 1.54) is 7.11 Å². The van der Waals surface area contributed by atoms with Crippen LogP contribution in [0.5, 0.6) is 0 Å². The van der Waals surface area contributed by atoms with Crippen LogP contribution in [-0.2, 0) is 14.3 Å². The van der Waals surface area contributed by atoms with Gasteiger partial charge in [0.25, 0.3) is 0 Å². The summed E-state index contributed by atoms with van der Waals surface area (Å²) in [5.74, 6) is -0.285. The van der Waals surface area contributed by atoms with Gasteiger partial charge >= 0.3 is 5.97 Å². The lowest BCUT2D eigenvalue weighted by atomic mass is 10.0. The first-order valence-electron chi connectivity index (χ1n) is 5.75. The van der Waals surface area contributed by atoms with Crippen molar-refractivity contribution in [2.45, 2.75) is 25.9 Å². The highest BCUT2D eigenvalue weighted by Crippen LogP contribution is 2.24. The van der Waals surface area contributed by atoms with Crippen molar-refractivity contribution in [1.82, 2.24) is 0 Å². The molecule has 0 aromatic heterocycles. The summed E-state index contributed by atoms with van der Waals surface area (Å²) in [5.41, 5.74) is 1.60. The Bertz CT molecular complexity index is 328. The van der Waals surface area contributed by atoms with Crippen LogP contribution in [0, 0.1) is 5.92 Å². The predicted molar refractivity (Wildman–Crippen MR) is 64.5 cm³/mol. The molecule has 0 amide bonds. The van der Waals surface area contributed by atoms with E-state index in [1.54, 1.807) is 14.0 Å². The third-order valence-electron chi connectivity index (χ3n) is 2.87. The second-order valence-corrected chi connectivity index (χ2v) is 4.22. The summed E-state index contributed by atoms with van der Waals surface area (Å²) >= 11 is 0. The number of aliphatic hydroxyl groups is 1. The number of hydrogen-bond donors (Lipinski definition) is 1. The summed E-state index contributed by atoms with van der Waals surface area (Å²) in [6.45, 7) is 2.23. The molecule has 0 bridgehead atoms. The fraction of sp³-hybridized carbons (Fsp3) is 0.615. The second kappa shape index (κ2) is 6.57. The topological polar surface area (TPSA) is 55.8 Å². The van der Waals surface area contributed by atoms with E-state index in [0.29, 0.717) is 25.0 Å². The van der Waals surface area contributed by atoms with E-state index in [0.717, 1.165) is 5.57 Å². The molecule has 0 radical (unpaired) electrons. The summed E-state index contributed by atoms with van der Waals surface area (Å²) in [5, 5.41) is 9.62. The van der Waals surface area contributed by atoms with Gasteiger partial charge in [0.05, 0.1) is 19.8 Å². The number of carbonyl (C=O) groups is 1. The van der Waals surface area contributed by atoms with Crippen LogP contribution in [0.3, 0.4) is 0 Å². The predicted octanol–water partition coefficient (Wildman–Crippen LogP) is 1.45. The van der Waals surface area contributed by atoms with Gasteiger partial charge in [-0.05, 0) is 25.3 Å². The first-order chi connectivity index (χ1) is 8.08. The van der Waals surface area contributed by atoms with E-state index in [2.05, 4.69) is 0 Å². The summed E-state index contributed by atoms with van der Waals surface area (Å²) in [6, 6.07) is 0. The molecule has 0 saturated heterocycles. The number of carbonyl (C=O) groups excluding carboxylic acids is 1. The Morgan fingerprint density at radius 2 is 2.18 bits per heavy atom. The Hall–Kier alpha value is -1.13. The first-order valence-corrected chi connectivity index (χ1v) is 5.75. The van der Waals surface area contributed by atoms with Gasteiger partial charge in [-0.1, -0.05) is 12.2 Å². The quantitative estimate of drug-likeness (QED) is 0.597. The standard InChI is InChI=1S/C13H20O4/c1-9(14)11-4-5-12(13(15)17-3)7-10(6-11)8-16-2/h6-7,9-10,14H,4-5,8H2,1-3H3. The molecule has 4 heteroatoms. The van der Waals surface area contributed by atoms with Crippen LogP contribution < -0.4 is 0 Å². The van der Waals surface area contributed by atoms with Gasteiger partial charge in [-0.15, -0.1) is 0 Å². The average molecular weight is 240 g/mol. The van der Waals surface area contributed by atoms with Crippen molar-refractivity contribution in [3.63, 3.8) is 0 Å². The van der Waals surface area contributed by atoms with Crippen LogP contribution in [0.25, 0.3) is 0 Å². The van der Waals surface area contributed by atoms with Crippen molar-refractivity contribution < 1.29 is 19.4 Å². The van der Waals surface area contributed by atoms with Crippen molar-refractivity contribution in [2.75, 3.05) is 20.8 Å². The Kier molecular flexibility index (Phi) is 5.38. The minimum absolute atomic E-state index is 0.0150. The minimum Gasteiger partial charge on any atom is -0.466 e. The molecule has 1 aliphatic carbocycles. The lowest BCUT2D eigenvalue weighted by molar-refractivity contribution is -0.136. The van der Waals surface area contributed by atoms with Gasteiger partial charge in [0.15, 0.2) is 0 Å². The minimum atomic E-state index is -0.486. The lowest BCUT2D eigenvalue weighted by Crippen LogP contribution is -2.08. The molecule has 0 spiro atoms. The van der Waals surface area contributed by atoms with Crippen molar-refractivity contribution in [3.8, 4) is 0 Å². The lowest BCUT2D eigenvalue weighted by Gasteiger charge is -2.11. The molecule has 0 aromatic rings. The van der Waals surface area contributed by atoms with Gasteiger partial charge in [0, 0.05) is 18.6 Å². The first kappa shape index (κ1) is 13.9. The zero-order chi connectivity index (χ0) is 12.8. The molecule has 17 heavy (non-hydrogen) atoms. The Labute approximate surface area is 102 Å². The van der Waals surface area contributed by atoms with Crippen LogP contribution in [-0.4, -0.2) is 38.0 Å². The second-order valence-electron chi connectivity index (χ2n) is 4.22. The fourth-order valence-corrected chi connectivity index (χ4v) is 1.97. The number of esters is 1. The van der Waals surface area contributed by atoms with Crippen LogP contribution in [0.15, 0.2) is 23.3 Å². The van der Waals surface area contributed by atoms with Gasteiger partial charge in [-0.3, -0.25) is 0 Å². The maximum absolute atomic E-state index is 11.5. The average Bonchev–Trinajstić information content (AvgIpc) is 2.51. The van der Waals surface area contributed by atoms with E-state index < -0.39 is 6.10 Å². The zero-order valence-corrected chi connectivity index (χ0v) is 10.6. The Morgan fingerprint density at radius 3 is 2.71 bits per heavy atom. The molecular formula is C13H20O4. The fourth-order valence-electron chi connectivity index (χ4n) is 1.97. The molecular weight excluding hydrogens is 220 g/mol. The molecule has 0 fully saturated rings. The van der Waals surface area contributed by atoms with Crippen LogP contribution in [0.2, 0.25) is 0 Å². The molecule has 96 valence electrons. The van der Waals surface area contributed by atoms with E-state index in [4.69, 9.17) is 9.47 Å². The van der Waals surface area contributed by atoms with Crippen molar-refractivity contribution in [3.05, 3.63) is 23.3 Å². The van der Waals surface area contributed by atoms with E-state index in [9.17, 15) is 9.90 Å². The summed E-state index contributed by atoms with van der Waals surface area (Å²) in [4.78, 5) is 11.5. The molecule has 0 saturated carbocycles. The largest absolute Gasteiger partial charge is 0.466 e. The van der Waals surface area contributed by atoms with E-state index in [-0.39, 0.29) is 11.9 Å². The third kappa shape index (κ3) is 3.98. The number of rotatable bonds is 4. The summed E-state index contributed by atoms with van der Waals surface area (Å²) in [6.07, 6.45) is 4.64. The number of methoxy groups -OCH3 is 2. The van der Waals surface area contributed by atoms with Crippen LogP contribution in [0.4, 0.5) is 0 Å². The highest BCUT2D eigenvalue weighted by atomic mass is 16.5. The third-order valence-corrected chi connectivity index (χ3v) is 2.87. The zero-order valence-electron chi connectivity index (χ0n) is 10.6. The van der Waals surface area contributed by atoms with Crippen LogP contribution >= 0.6 is 0 Å². The Balaban J connectivity index is 2.87. The molecule has 2 atom stereocenters. The van der Waals surface area contributed by atoms with Crippen molar-refractivity contribution in [2.24, 2.45) is 5.92 Å². The highest BCUT2D eigenvalue weighted by Gasteiger charge is 2.19. The van der Waals surface area contributed by atoms with Crippen molar-refractivity contribution >= 4 is 5.97 Å². The smallest absolute Gasteiger partial charge is 0.333 e. The maximum atomic E-state index is 11.5. The highest BCUT2D eigenvalue weighted by molar-refractivity contribution is 5.88. The molecule has 1 N–H and O–H groups in total. The number of hydrogen-bond acceptors (Lipinski definition) is 4. The van der Waals surface area contributed by atoms with Gasteiger partial charge in [0.2, 0.25) is 0 Å².